The van der Waals surface area contributed by atoms with Crippen LogP contribution in [-0.2, 0) is 0 Å². The first kappa shape index (κ1) is 12.0. The minimum Gasteiger partial charge on any atom is -0.345 e. The Bertz CT molecular complexity index is 560. The summed E-state index contributed by atoms with van der Waals surface area (Å²) in [7, 11) is 2.08. The standard InChI is InChI=1S/C11H14N4OS/c1-12-9-8(13-11(17)14-10(9)16)7-3-5-15(2)6-4-7/h7H,3-6H2,2H3,(H2,13,14,16,17). The SMILES string of the molecule is [C-]#[N+]c1c(C2CCN(C)CC2)[nH]c(=S)[nH]c1=O. The van der Waals surface area contributed by atoms with Gasteiger partial charge in [-0.15, -0.1) is 0 Å². The number of piperidine rings is 1. The number of rotatable bonds is 1. The van der Waals surface area contributed by atoms with Crippen molar-refractivity contribution in [3.8, 4) is 0 Å². The van der Waals surface area contributed by atoms with Gasteiger partial charge in [-0.1, -0.05) is 0 Å². The Hall–Kier alpha value is -1.45. The Morgan fingerprint density at radius 1 is 1.41 bits per heavy atom. The van der Waals surface area contributed by atoms with Crippen LogP contribution >= 0.6 is 12.2 Å². The van der Waals surface area contributed by atoms with Crippen molar-refractivity contribution in [2.45, 2.75) is 18.8 Å². The number of likely N-dealkylation sites (tertiary alicyclic amines) is 1. The highest BCUT2D eigenvalue weighted by atomic mass is 32.1. The summed E-state index contributed by atoms with van der Waals surface area (Å²) in [6, 6.07) is 0. The molecule has 1 fully saturated rings. The zero-order valence-electron chi connectivity index (χ0n) is 9.62. The van der Waals surface area contributed by atoms with Crippen LogP contribution in [0.4, 0.5) is 5.69 Å². The molecule has 0 aromatic carbocycles. The van der Waals surface area contributed by atoms with Crippen LogP contribution in [0, 0.1) is 11.3 Å². The summed E-state index contributed by atoms with van der Waals surface area (Å²) < 4.78 is 0.302. The number of aromatic amines is 2. The van der Waals surface area contributed by atoms with Crippen molar-refractivity contribution in [3.05, 3.63) is 32.2 Å². The smallest absolute Gasteiger partial charge is 0.269 e. The average Bonchev–Trinajstić information content (AvgIpc) is 2.29. The third-order valence-electron chi connectivity index (χ3n) is 3.18. The second-order valence-electron chi connectivity index (χ2n) is 4.36. The van der Waals surface area contributed by atoms with E-state index < -0.39 is 0 Å². The molecule has 90 valence electrons. The van der Waals surface area contributed by atoms with E-state index in [4.69, 9.17) is 18.8 Å². The first-order chi connectivity index (χ1) is 8.11. The molecule has 1 aliphatic heterocycles. The molecular weight excluding hydrogens is 236 g/mol. The number of H-pyrrole nitrogens is 2. The van der Waals surface area contributed by atoms with E-state index in [0.29, 0.717) is 10.5 Å². The number of nitrogens with one attached hydrogen (secondary N) is 2. The van der Waals surface area contributed by atoms with E-state index in [1.54, 1.807) is 0 Å². The van der Waals surface area contributed by atoms with Crippen molar-refractivity contribution in [3.63, 3.8) is 0 Å². The summed E-state index contributed by atoms with van der Waals surface area (Å²) in [4.78, 5) is 22.6. The summed E-state index contributed by atoms with van der Waals surface area (Å²) in [5.41, 5.74) is 0.493. The van der Waals surface area contributed by atoms with Crippen LogP contribution in [0.2, 0.25) is 0 Å². The van der Waals surface area contributed by atoms with E-state index in [2.05, 4.69) is 26.8 Å². The fourth-order valence-electron chi connectivity index (χ4n) is 2.20. The molecular formula is C11H14N4OS. The molecule has 0 radical (unpaired) electrons. The first-order valence-corrected chi connectivity index (χ1v) is 5.95. The van der Waals surface area contributed by atoms with Gasteiger partial charge in [0.05, 0.1) is 6.57 Å². The molecule has 5 nitrogen and oxygen atoms in total. The Morgan fingerprint density at radius 2 is 2.06 bits per heavy atom. The Balaban J connectivity index is 2.42. The van der Waals surface area contributed by atoms with Crippen LogP contribution in [0.5, 0.6) is 0 Å². The van der Waals surface area contributed by atoms with Gasteiger partial charge in [0.15, 0.2) is 4.77 Å². The van der Waals surface area contributed by atoms with Gasteiger partial charge in [0.1, 0.15) is 0 Å². The summed E-state index contributed by atoms with van der Waals surface area (Å²) in [5, 5.41) is 0. The van der Waals surface area contributed by atoms with Crippen LogP contribution in [0.15, 0.2) is 4.79 Å². The van der Waals surface area contributed by atoms with Crippen molar-refractivity contribution in [1.29, 1.82) is 0 Å². The maximum Gasteiger partial charge on any atom is 0.269 e. The topological polar surface area (TPSA) is 56.2 Å². The van der Waals surface area contributed by atoms with Gasteiger partial charge in [-0.05, 0) is 51.1 Å². The van der Waals surface area contributed by atoms with Gasteiger partial charge in [0, 0.05) is 5.69 Å². The third kappa shape index (κ3) is 2.46. The zero-order chi connectivity index (χ0) is 12.4. The molecule has 0 saturated carbocycles. The van der Waals surface area contributed by atoms with E-state index in [1.807, 2.05) is 0 Å². The van der Waals surface area contributed by atoms with Crippen molar-refractivity contribution in [2.75, 3.05) is 20.1 Å². The predicted octanol–water partition coefficient (Wildman–Crippen LogP) is 1.79. The second-order valence-corrected chi connectivity index (χ2v) is 4.77. The van der Waals surface area contributed by atoms with Crippen molar-refractivity contribution >= 4 is 17.9 Å². The zero-order valence-corrected chi connectivity index (χ0v) is 10.4. The molecule has 1 aromatic heterocycles. The van der Waals surface area contributed by atoms with E-state index in [-0.39, 0.29) is 17.2 Å². The largest absolute Gasteiger partial charge is 0.345 e. The highest BCUT2D eigenvalue weighted by molar-refractivity contribution is 7.71. The van der Waals surface area contributed by atoms with Gasteiger partial charge in [-0.2, -0.15) is 0 Å². The quantitative estimate of drug-likeness (QED) is 0.590. The fraction of sp³-hybridized carbons (Fsp3) is 0.545. The van der Waals surface area contributed by atoms with Crippen LogP contribution < -0.4 is 5.56 Å². The molecule has 0 spiro atoms. The molecule has 1 aliphatic rings. The van der Waals surface area contributed by atoms with E-state index >= 15 is 0 Å². The minimum absolute atomic E-state index is 0.160. The van der Waals surface area contributed by atoms with Gasteiger partial charge in [-0.25, -0.2) is 4.85 Å². The third-order valence-corrected chi connectivity index (χ3v) is 3.39. The lowest BCUT2D eigenvalue weighted by molar-refractivity contribution is 0.253. The summed E-state index contributed by atoms with van der Waals surface area (Å²) in [5.74, 6) is 0.235. The highest BCUT2D eigenvalue weighted by Gasteiger charge is 2.22. The first-order valence-electron chi connectivity index (χ1n) is 5.54. The molecule has 6 heteroatoms. The van der Waals surface area contributed by atoms with Crippen LogP contribution in [0.3, 0.4) is 0 Å². The highest BCUT2D eigenvalue weighted by Crippen LogP contribution is 2.30. The normalized spacial score (nSPS) is 17.9. The molecule has 0 amide bonds. The van der Waals surface area contributed by atoms with Gasteiger partial charge in [0.25, 0.3) is 11.2 Å². The number of nitrogens with zero attached hydrogens (tertiary/aromatic N) is 2. The number of aromatic nitrogens is 2. The van der Waals surface area contributed by atoms with E-state index in [9.17, 15) is 4.79 Å². The lowest BCUT2D eigenvalue weighted by Gasteiger charge is -2.29. The number of hydrogen-bond donors (Lipinski definition) is 2. The minimum atomic E-state index is -0.377. The predicted molar refractivity (Wildman–Crippen MR) is 68.0 cm³/mol. The molecule has 2 rings (SSSR count). The monoisotopic (exact) mass is 250 g/mol. The van der Waals surface area contributed by atoms with E-state index in [0.717, 1.165) is 25.9 Å². The van der Waals surface area contributed by atoms with Gasteiger partial charge >= 0.3 is 0 Å². The summed E-state index contributed by atoms with van der Waals surface area (Å²) >= 11 is 4.96. The van der Waals surface area contributed by atoms with Crippen molar-refractivity contribution in [1.82, 2.24) is 14.9 Å². The Labute approximate surface area is 104 Å². The average molecular weight is 250 g/mol. The van der Waals surface area contributed by atoms with Crippen molar-refractivity contribution < 1.29 is 0 Å². The lowest BCUT2D eigenvalue weighted by Crippen LogP contribution is -2.30. The molecule has 0 unspecified atom stereocenters. The van der Waals surface area contributed by atoms with Crippen LogP contribution in [-0.4, -0.2) is 35.0 Å². The molecule has 1 aromatic rings. The summed E-state index contributed by atoms with van der Waals surface area (Å²) in [6.07, 6.45) is 1.90. The summed E-state index contributed by atoms with van der Waals surface area (Å²) in [6.45, 7) is 9.06. The molecule has 0 aliphatic carbocycles. The Kier molecular flexibility index (Phi) is 3.41. The van der Waals surface area contributed by atoms with Crippen molar-refractivity contribution in [2.24, 2.45) is 0 Å². The second kappa shape index (κ2) is 4.82. The lowest BCUT2D eigenvalue weighted by atomic mass is 9.93. The maximum absolute atomic E-state index is 11.6. The maximum atomic E-state index is 11.6. The van der Waals surface area contributed by atoms with E-state index in [1.165, 1.54) is 0 Å². The Morgan fingerprint density at radius 3 is 2.65 bits per heavy atom. The van der Waals surface area contributed by atoms with Crippen LogP contribution in [0.25, 0.3) is 4.85 Å². The van der Waals surface area contributed by atoms with Crippen LogP contribution in [0.1, 0.15) is 24.5 Å². The number of hydrogen-bond acceptors (Lipinski definition) is 3. The molecule has 2 heterocycles. The molecule has 2 N–H and O–H groups in total. The van der Waals surface area contributed by atoms with Gasteiger partial charge in [0.2, 0.25) is 0 Å². The molecule has 1 saturated heterocycles. The van der Waals surface area contributed by atoms with Gasteiger partial charge in [-0.3, -0.25) is 4.79 Å². The molecule has 17 heavy (non-hydrogen) atoms. The molecule has 0 bridgehead atoms. The molecule has 0 atom stereocenters. The fourth-order valence-corrected chi connectivity index (χ4v) is 2.40. The van der Waals surface area contributed by atoms with Gasteiger partial charge < -0.3 is 14.9 Å².